The quantitative estimate of drug-likeness (QED) is 0.0507. The maximum atomic E-state index is 11.8. The molecule has 32 nitrogen and oxygen atoms in total. The molecule has 0 bridgehead atoms. The van der Waals surface area contributed by atoms with Gasteiger partial charge in [0, 0.05) is 24.3 Å². The van der Waals surface area contributed by atoms with E-state index in [-0.39, 0.29) is 0 Å². The lowest BCUT2D eigenvalue weighted by atomic mass is 10.2. The largest absolute Gasteiger partial charge is 0.303 e. The van der Waals surface area contributed by atoms with Crippen molar-refractivity contribution in [1.29, 1.82) is 0 Å². The van der Waals surface area contributed by atoms with Gasteiger partial charge in [0.15, 0.2) is 5.69 Å². The Kier molecular flexibility index (Phi) is 11.5. The van der Waals surface area contributed by atoms with Crippen molar-refractivity contribution < 1.29 is 39.4 Å². The first kappa shape index (κ1) is 41.1. The molecule has 0 atom stereocenters. The fraction of sp³-hybridized carbons (Fsp3) is 0. The molecule has 60 heavy (non-hydrogen) atoms. The van der Waals surface area contributed by atoms with Crippen LogP contribution >= 0.6 is 0 Å². The molecule has 0 radical (unpaired) electrons. The maximum Gasteiger partial charge on any atom is 0.303 e. The molecule has 0 unspecified atom stereocenters. The van der Waals surface area contributed by atoms with E-state index in [4.69, 9.17) is 0 Å². The van der Waals surface area contributed by atoms with Crippen molar-refractivity contribution in [3.8, 4) is 0 Å². The minimum absolute atomic E-state index is 0.438. The van der Waals surface area contributed by atoms with Crippen LogP contribution in [-0.4, -0.2) is 39.4 Å². The first-order valence-corrected chi connectivity index (χ1v) is 15.5. The van der Waals surface area contributed by atoms with Gasteiger partial charge in [0.05, 0.1) is 63.7 Å². The number of rotatable bonds is 17. The van der Waals surface area contributed by atoms with Crippen LogP contribution in [0.15, 0.2) is 93.2 Å². The smallest absolute Gasteiger partial charge is 0.296 e. The molecule has 32 heteroatoms. The molecule has 5 rings (SSSR count). The summed E-state index contributed by atoms with van der Waals surface area (Å²) in [5, 5.41) is 107. The molecule has 0 saturated heterocycles. The Hall–Kier alpha value is -10.0. The molecule has 0 amide bonds. The number of nitro groups is 8. The molecule has 5 aromatic carbocycles. The van der Waals surface area contributed by atoms with Crippen LogP contribution in [0.3, 0.4) is 0 Å². The number of azo groups is 1. The molecular weight excluding hydrogens is 816 g/mol. The highest BCUT2D eigenvalue weighted by Crippen LogP contribution is 2.35. The average Bonchev–Trinajstić information content (AvgIpc) is 3.19. The van der Waals surface area contributed by atoms with E-state index in [1.165, 1.54) is 0 Å². The predicted molar refractivity (Wildman–Crippen MR) is 198 cm³/mol. The van der Waals surface area contributed by atoms with Gasteiger partial charge >= 0.3 is 22.7 Å². The first-order chi connectivity index (χ1) is 28.4. The first-order valence-electron chi connectivity index (χ1n) is 15.5. The highest BCUT2D eigenvalue weighted by Gasteiger charge is 2.26. The average molecular weight is 833 g/mol. The number of anilines is 4. The topological polar surface area (TPSA) is 443 Å². The molecule has 0 heterocycles. The van der Waals surface area contributed by atoms with Crippen molar-refractivity contribution in [2.24, 2.45) is 20.4 Å². The Bertz CT molecular complexity index is 2830. The molecule has 0 aliphatic rings. The minimum atomic E-state index is -1.04. The number of hydrazine groups is 1. The fourth-order valence-corrected chi connectivity index (χ4v) is 4.80. The zero-order valence-electron chi connectivity index (χ0n) is 28.8. The number of non-ortho nitro benzene ring substituents is 4. The summed E-state index contributed by atoms with van der Waals surface area (Å²) in [6, 6.07) is 9.24. The van der Waals surface area contributed by atoms with Crippen LogP contribution in [0.1, 0.15) is 0 Å². The van der Waals surface area contributed by atoms with E-state index in [0.717, 1.165) is 48.5 Å². The zero-order chi connectivity index (χ0) is 44.0. The SMILES string of the molecule is O=[N+]([O-])c1ccc(N=Nc2c(NNc3ccc([N+](=O)[O-])cc3[N+](=O)[O-])c(=N/Nc3ccc([N+](=O)[O-])cc3[N+](=O)[O-])/c2=N\Nc2ccc([N+](=O)[O-])cc2[N+](=O)[O-])c([N+](=O)[O-])c1. The molecule has 0 aliphatic heterocycles. The summed E-state index contributed by atoms with van der Waals surface area (Å²) in [5.74, 6) is 0. The molecule has 0 spiro atoms. The number of nitrogens with zero attached hydrogens (tertiary/aromatic N) is 12. The van der Waals surface area contributed by atoms with E-state index >= 15 is 0 Å². The second-order valence-electron chi connectivity index (χ2n) is 11.2. The molecule has 0 saturated carbocycles. The number of hydrogen-bond acceptors (Lipinski definition) is 24. The fourth-order valence-electron chi connectivity index (χ4n) is 4.80. The van der Waals surface area contributed by atoms with E-state index < -0.39 is 130 Å². The molecule has 0 aromatic heterocycles. The van der Waals surface area contributed by atoms with Gasteiger partial charge in [-0.15, -0.1) is 10.2 Å². The van der Waals surface area contributed by atoms with E-state index in [1.54, 1.807) is 0 Å². The summed E-state index contributed by atoms with van der Waals surface area (Å²) in [7, 11) is 0. The van der Waals surface area contributed by atoms with Crippen molar-refractivity contribution in [2.75, 3.05) is 21.7 Å². The van der Waals surface area contributed by atoms with Crippen molar-refractivity contribution in [3.63, 3.8) is 0 Å². The Labute approximate surface area is 325 Å². The number of nitro benzene ring substituents is 8. The van der Waals surface area contributed by atoms with E-state index in [2.05, 4.69) is 42.1 Å². The number of hydrogen-bond donors (Lipinski definition) is 4. The van der Waals surface area contributed by atoms with Crippen molar-refractivity contribution in [2.45, 2.75) is 0 Å². The van der Waals surface area contributed by atoms with Crippen LogP contribution in [-0.2, 0) is 0 Å². The number of benzene rings is 4. The van der Waals surface area contributed by atoms with Gasteiger partial charge in [-0.05, 0) is 24.3 Å². The third-order valence-electron chi connectivity index (χ3n) is 7.61. The summed E-state index contributed by atoms with van der Waals surface area (Å²) < 4.78 is 0. The van der Waals surface area contributed by atoms with Gasteiger partial charge in [0.2, 0.25) is 0 Å². The third-order valence-corrected chi connectivity index (χ3v) is 7.61. The lowest BCUT2D eigenvalue weighted by Crippen LogP contribution is -2.39. The summed E-state index contributed by atoms with van der Waals surface area (Å²) in [6.45, 7) is 0. The Morgan fingerprint density at radius 1 is 0.383 bits per heavy atom. The second kappa shape index (κ2) is 16.8. The highest BCUT2D eigenvalue weighted by atomic mass is 16.7. The molecule has 0 fully saturated rings. The van der Waals surface area contributed by atoms with Crippen LogP contribution < -0.4 is 32.4 Å². The Balaban J connectivity index is 1.76. The monoisotopic (exact) mass is 832 g/mol. The van der Waals surface area contributed by atoms with Crippen LogP contribution in [0.4, 0.5) is 79.6 Å². The molecular formula is C28H16N16O16. The van der Waals surface area contributed by atoms with Gasteiger partial charge in [-0.2, -0.15) is 10.2 Å². The van der Waals surface area contributed by atoms with Crippen molar-refractivity contribution in [3.05, 3.63) is 164 Å². The van der Waals surface area contributed by atoms with Gasteiger partial charge in [0.1, 0.15) is 39.2 Å². The molecule has 4 N–H and O–H groups in total. The van der Waals surface area contributed by atoms with E-state index in [1.807, 2.05) is 0 Å². The number of nitrogens with one attached hydrogen (secondary N) is 4. The van der Waals surface area contributed by atoms with Crippen LogP contribution in [0, 0.1) is 80.9 Å². The lowest BCUT2D eigenvalue weighted by molar-refractivity contribution is -0.393. The molecule has 304 valence electrons. The van der Waals surface area contributed by atoms with Gasteiger partial charge in [-0.25, -0.2) is 0 Å². The Morgan fingerprint density at radius 3 is 1.17 bits per heavy atom. The minimum Gasteiger partial charge on any atom is -0.296 e. The van der Waals surface area contributed by atoms with E-state index in [9.17, 15) is 80.9 Å². The summed E-state index contributed by atoms with van der Waals surface area (Å²) >= 11 is 0. The predicted octanol–water partition coefficient (Wildman–Crippen LogP) is 5.54. The van der Waals surface area contributed by atoms with Gasteiger partial charge < -0.3 is 0 Å². The van der Waals surface area contributed by atoms with Crippen LogP contribution in [0.5, 0.6) is 0 Å². The van der Waals surface area contributed by atoms with Crippen molar-refractivity contribution >= 4 is 79.6 Å². The van der Waals surface area contributed by atoms with Crippen LogP contribution in [0.2, 0.25) is 0 Å². The lowest BCUT2D eigenvalue weighted by Gasteiger charge is -2.16. The van der Waals surface area contributed by atoms with E-state index in [0.29, 0.717) is 24.3 Å². The van der Waals surface area contributed by atoms with Crippen molar-refractivity contribution in [1.82, 2.24) is 0 Å². The van der Waals surface area contributed by atoms with Gasteiger partial charge in [0.25, 0.3) is 22.7 Å². The molecule has 0 aliphatic carbocycles. The highest BCUT2D eigenvalue weighted by molar-refractivity contribution is 5.75. The zero-order valence-corrected chi connectivity index (χ0v) is 28.8. The van der Waals surface area contributed by atoms with Gasteiger partial charge in [-0.3, -0.25) is 103 Å². The van der Waals surface area contributed by atoms with Crippen LogP contribution in [0.25, 0.3) is 0 Å². The summed E-state index contributed by atoms with van der Waals surface area (Å²) in [6.07, 6.45) is 0. The summed E-state index contributed by atoms with van der Waals surface area (Å²) in [5.41, 5.74) is 0.0382. The van der Waals surface area contributed by atoms with Gasteiger partial charge in [-0.1, -0.05) is 0 Å². The Morgan fingerprint density at radius 2 is 0.750 bits per heavy atom. The standard InChI is InChI=1S/C28H16N16O16/c45-37(46)13-1-5-17(21(9-13)41(53)54)29-33-25-26(34-30-18-6-2-14(38(47)48)10-22(18)42(55)56)28(36-32-20-8-4-16(40(51)52)12-24(20)44(59)60)27(25)35-31-19-7-3-15(39(49)50)11-23(19)43(57)58/h1-12,29-31,34H/b33-25-,35-27+,36-32?. The normalized spacial score (nSPS) is 11.5. The molecule has 5 aromatic rings. The summed E-state index contributed by atoms with van der Waals surface area (Å²) in [4.78, 5) is 84.5. The third kappa shape index (κ3) is 8.75. The maximum absolute atomic E-state index is 11.8. The second-order valence-corrected chi connectivity index (χ2v) is 11.2.